The van der Waals surface area contributed by atoms with Crippen LogP contribution in [0.2, 0.25) is 5.02 Å². The van der Waals surface area contributed by atoms with Crippen LogP contribution in [-0.4, -0.2) is 28.5 Å². The van der Waals surface area contributed by atoms with Gasteiger partial charge in [0.2, 0.25) is 0 Å². The summed E-state index contributed by atoms with van der Waals surface area (Å²) in [6.07, 6.45) is 1.44. The van der Waals surface area contributed by atoms with E-state index in [1.807, 2.05) is 13.8 Å². The molecule has 0 aliphatic heterocycles. The summed E-state index contributed by atoms with van der Waals surface area (Å²) in [7, 11) is 0. The zero-order valence-corrected chi connectivity index (χ0v) is 13.7. The van der Waals surface area contributed by atoms with Crippen molar-refractivity contribution in [3.63, 3.8) is 0 Å². The maximum atomic E-state index is 12.2. The van der Waals surface area contributed by atoms with E-state index in [9.17, 15) is 9.59 Å². The lowest BCUT2D eigenvalue weighted by molar-refractivity contribution is -0.158. The first-order valence-electron chi connectivity index (χ1n) is 6.75. The highest BCUT2D eigenvalue weighted by Crippen LogP contribution is 2.13. The Morgan fingerprint density at radius 1 is 1.33 bits per heavy atom. The van der Waals surface area contributed by atoms with Crippen LogP contribution in [0.25, 0.3) is 0 Å². The number of rotatable bonds is 4. The van der Waals surface area contributed by atoms with Gasteiger partial charge in [-0.25, -0.2) is 4.79 Å². The topological polar surface area (TPSA) is 68.3 Å². The molecule has 0 aliphatic rings. The van der Waals surface area contributed by atoms with E-state index in [0.29, 0.717) is 5.02 Å². The SMILES string of the molecule is CC(C)[C@H](NC(=O)c1cc(Cl)ccn1)C(=O)OC(C)(C)C. The van der Waals surface area contributed by atoms with E-state index in [2.05, 4.69) is 10.3 Å². The lowest BCUT2D eigenvalue weighted by atomic mass is 10.0. The number of hydrogen-bond donors (Lipinski definition) is 1. The molecule has 1 aromatic heterocycles. The average Bonchev–Trinajstić information content (AvgIpc) is 2.32. The van der Waals surface area contributed by atoms with Gasteiger partial charge in [-0.3, -0.25) is 9.78 Å². The average molecular weight is 313 g/mol. The molecule has 0 unspecified atom stereocenters. The summed E-state index contributed by atoms with van der Waals surface area (Å²) >= 11 is 5.83. The van der Waals surface area contributed by atoms with Crippen molar-refractivity contribution in [1.29, 1.82) is 0 Å². The van der Waals surface area contributed by atoms with Crippen LogP contribution in [0.3, 0.4) is 0 Å². The maximum Gasteiger partial charge on any atom is 0.329 e. The van der Waals surface area contributed by atoms with Gasteiger partial charge in [0.15, 0.2) is 0 Å². The molecule has 6 heteroatoms. The number of esters is 1. The minimum atomic E-state index is -0.738. The van der Waals surface area contributed by atoms with Gasteiger partial charge in [0, 0.05) is 11.2 Å². The van der Waals surface area contributed by atoms with E-state index in [1.54, 1.807) is 26.8 Å². The monoisotopic (exact) mass is 312 g/mol. The number of carbonyl (C=O) groups excluding carboxylic acids is 2. The van der Waals surface area contributed by atoms with Crippen molar-refractivity contribution >= 4 is 23.5 Å². The molecule has 5 nitrogen and oxygen atoms in total. The number of nitrogens with zero attached hydrogens (tertiary/aromatic N) is 1. The molecule has 0 aromatic carbocycles. The molecule has 1 heterocycles. The minimum Gasteiger partial charge on any atom is -0.458 e. The Labute approximate surface area is 130 Å². The summed E-state index contributed by atoms with van der Waals surface area (Å²) in [5, 5.41) is 3.06. The molecule has 0 fully saturated rings. The summed E-state index contributed by atoms with van der Waals surface area (Å²) < 4.78 is 5.32. The molecule has 1 amide bonds. The molecule has 0 spiro atoms. The van der Waals surface area contributed by atoms with Crippen molar-refractivity contribution < 1.29 is 14.3 Å². The summed E-state index contributed by atoms with van der Waals surface area (Å²) in [6.45, 7) is 9.01. The van der Waals surface area contributed by atoms with E-state index in [1.165, 1.54) is 12.3 Å². The number of pyridine rings is 1. The van der Waals surface area contributed by atoms with Gasteiger partial charge in [-0.05, 0) is 38.8 Å². The normalized spacial score (nSPS) is 12.9. The van der Waals surface area contributed by atoms with E-state index in [4.69, 9.17) is 16.3 Å². The molecule has 21 heavy (non-hydrogen) atoms. The molecule has 1 aromatic rings. The Morgan fingerprint density at radius 2 is 1.95 bits per heavy atom. The molecule has 0 saturated carbocycles. The summed E-state index contributed by atoms with van der Waals surface area (Å²) in [6, 6.07) is 2.28. The summed E-state index contributed by atoms with van der Waals surface area (Å²) in [5.41, 5.74) is -0.444. The van der Waals surface area contributed by atoms with Crippen LogP contribution in [0.1, 0.15) is 45.1 Å². The van der Waals surface area contributed by atoms with Gasteiger partial charge in [-0.15, -0.1) is 0 Å². The van der Waals surface area contributed by atoms with Gasteiger partial charge in [-0.2, -0.15) is 0 Å². The van der Waals surface area contributed by atoms with Crippen LogP contribution < -0.4 is 5.32 Å². The van der Waals surface area contributed by atoms with Crippen LogP contribution in [0, 0.1) is 5.92 Å². The molecule has 1 rings (SSSR count). The third-order valence-electron chi connectivity index (χ3n) is 2.57. The number of halogens is 1. The number of aromatic nitrogens is 1. The Bertz CT molecular complexity index is 524. The zero-order chi connectivity index (χ0) is 16.2. The molecule has 0 saturated heterocycles. The Morgan fingerprint density at radius 3 is 2.43 bits per heavy atom. The fourth-order valence-electron chi connectivity index (χ4n) is 1.61. The van der Waals surface area contributed by atoms with Crippen molar-refractivity contribution in [2.45, 2.75) is 46.3 Å². The highest BCUT2D eigenvalue weighted by atomic mass is 35.5. The Hall–Kier alpha value is -1.62. The molecule has 0 aliphatic carbocycles. The van der Waals surface area contributed by atoms with Crippen LogP contribution in [0.5, 0.6) is 0 Å². The van der Waals surface area contributed by atoms with Crippen LogP contribution in [0.15, 0.2) is 18.3 Å². The molecule has 1 atom stereocenters. The van der Waals surface area contributed by atoms with Crippen LogP contribution >= 0.6 is 11.6 Å². The minimum absolute atomic E-state index is 0.108. The van der Waals surface area contributed by atoms with Crippen LogP contribution in [-0.2, 0) is 9.53 Å². The van der Waals surface area contributed by atoms with Crippen molar-refractivity contribution in [3.05, 3.63) is 29.0 Å². The summed E-state index contributed by atoms with van der Waals surface area (Å²) in [4.78, 5) is 28.2. The van der Waals surface area contributed by atoms with Crippen molar-refractivity contribution in [2.75, 3.05) is 0 Å². The van der Waals surface area contributed by atoms with E-state index in [0.717, 1.165) is 0 Å². The molecular formula is C15H21ClN2O3. The fraction of sp³-hybridized carbons (Fsp3) is 0.533. The number of amides is 1. The molecule has 116 valence electrons. The highest BCUT2D eigenvalue weighted by Gasteiger charge is 2.29. The quantitative estimate of drug-likeness (QED) is 0.868. The predicted octanol–water partition coefficient (Wildman–Crippen LogP) is 2.83. The molecule has 0 radical (unpaired) electrons. The summed E-state index contributed by atoms with van der Waals surface area (Å²) in [5.74, 6) is -1.03. The first kappa shape index (κ1) is 17.4. The second-order valence-electron chi connectivity index (χ2n) is 6.09. The van der Waals surface area contributed by atoms with Gasteiger partial charge in [0.1, 0.15) is 17.3 Å². The molecular weight excluding hydrogens is 292 g/mol. The van der Waals surface area contributed by atoms with Gasteiger partial charge < -0.3 is 10.1 Å². The lowest BCUT2D eigenvalue weighted by Crippen LogP contribution is -2.47. The predicted molar refractivity (Wildman–Crippen MR) is 81.2 cm³/mol. The van der Waals surface area contributed by atoms with Crippen molar-refractivity contribution in [3.8, 4) is 0 Å². The number of carbonyl (C=O) groups is 2. The van der Waals surface area contributed by atoms with E-state index < -0.39 is 23.5 Å². The fourth-order valence-corrected chi connectivity index (χ4v) is 1.77. The number of nitrogens with one attached hydrogen (secondary N) is 1. The molecule has 1 N–H and O–H groups in total. The number of hydrogen-bond acceptors (Lipinski definition) is 4. The smallest absolute Gasteiger partial charge is 0.329 e. The second kappa shape index (κ2) is 6.89. The second-order valence-corrected chi connectivity index (χ2v) is 6.52. The third kappa shape index (κ3) is 5.71. The van der Waals surface area contributed by atoms with Gasteiger partial charge >= 0.3 is 5.97 Å². The lowest BCUT2D eigenvalue weighted by Gasteiger charge is -2.26. The first-order valence-corrected chi connectivity index (χ1v) is 7.13. The van der Waals surface area contributed by atoms with Gasteiger partial charge in [0.05, 0.1) is 0 Å². The highest BCUT2D eigenvalue weighted by molar-refractivity contribution is 6.30. The van der Waals surface area contributed by atoms with E-state index >= 15 is 0 Å². The van der Waals surface area contributed by atoms with Gasteiger partial charge in [-0.1, -0.05) is 25.4 Å². The molecule has 0 bridgehead atoms. The van der Waals surface area contributed by atoms with Crippen molar-refractivity contribution in [2.24, 2.45) is 5.92 Å². The third-order valence-corrected chi connectivity index (χ3v) is 2.80. The van der Waals surface area contributed by atoms with E-state index in [-0.39, 0.29) is 11.6 Å². The zero-order valence-electron chi connectivity index (χ0n) is 12.9. The van der Waals surface area contributed by atoms with Gasteiger partial charge in [0.25, 0.3) is 5.91 Å². The Balaban J connectivity index is 2.84. The van der Waals surface area contributed by atoms with Crippen LogP contribution in [0.4, 0.5) is 0 Å². The first-order chi connectivity index (χ1) is 9.60. The van der Waals surface area contributed by atoms with Crippen molar-refractivity contribution in [1.82, 2.24) is 10.3 Å². The standard InChI is InChI=1S/C15H21ClN2O3/c1-9(2)12(14(20)21-15(3,4)5)18-13(19)11-8-10(16)6-7-17-11/h6-9,12H,1-5H3,(H,18,19)/t12-/m0/s1. The Kier molecular flexibility index (Phi) is 5.72. The number of ether oxygens (including phenoxy) is 1. The largest absolute Gasteiger partial charge is 0.458 e. The maximum absolute atomic E-state index is 12.2.